The van der Waals surface area contributed by atoms with E-state index in [0.29, 0.717) is 11.5 Å². The van der Waals surface area contributed by atoms with Gasteiger partial charge in [-0.2, -0.15) is 0 Å². The fourth-order valence-corrected chi connectivity index (χ4v) is 2.18. The van der Waals surface area contributed by atoms with Gasteiger partial charge in [-0.1, -0.05) is 57.2 Å². The molecule has 2 heteroatoms. The van der Waals surface area contributed by atoms with Gasteiger partial charge in [0.2, 0.25) is 0 Å². The van der Waals surface area contributed by atoms with Gasteiger partial charge in [0.05, 0.1) is 0 Å². The molecule has 0 atom stereocenters. The van der Waals surface area contributed by atoms with E-state index in [4.69, 9.17) is 0 Å². The fourth-order valence-electron chi connectivity index (χ4n) is 2.18. The van der Waals surface area contributed by atoms with Crippen LogP contribution in [0.5, 0.6) is 0 Å². The molecule has 1 N–H and O–H groups in total. The zero-order chi connectivity index (χ0) is 15.9. The molecule has 0 aromatic heterocycles. The molecule has 0 aliphatic heterocycles. The summed E-state index contributed by atoms with van der Waals surface area (Å²) in [4.78, 5) is 12.1. The summed E-state index contributed by atoms with van der Waals surface area (Å²) in [5.74, 6) is 0.487. The van der Waals surface area contributed by atoms with Gasteiger partial charge in [-0.05, 0) is 35.6 Å². The SMILES string of the molecule is CCc1ccc(N/C=C/C(=O)c2ccc(C(C)C)cc2)cc1. The van der Waals surface area contributed by atoms with E-state index in [1.54, 1.807) is 12.3 Å². The van der Waals surface area contributed by atoms with Gasteiger partial charge in [-0.3, -0.25) is 4.79 Å². The van der Waals surface area contributed by atoms with Crippen LogP contribution in [0.4, 0.5) is 5.69 Å². The van der Waals surface area contributed by atoms with Gasteiger partial charge in [0, 0.05) is 23.5 Å². The van der Waals surface area contributed by atoms with Crippen LogP contribution >= 0.6 is 0 Å². The van der Waals surface area contributed by atoms with Crippen molar-refractivity contribution >= 4 is 11.5 Å². The van der Waals surface area contributed by atoms with Crippen LogP contribution in [0.25, 0.3) is 0 Å². The number of hydrogen-bond acceptors (Lipinski definition) is 2. The summed E-state index contributed by atoms with van der Waals surface area (Å²) in [5, 5.41) is 3.12. The Labute approximate surface area is 132 Å². The summed E-state index contributed by atoms with van der Waals surface area (Å²) in [6.45, 7) is 6.42. The highest BCUT2D eigenvalue weighted by molar-refractivity contribution is 6.04. The molecule has 0 aliphatic carbocycles. The summed E-state index contributed by atoms with van der Waals surface area (Å²) >= 11 is 0. The van der Waals surface area contributed by atoms with E-state index < -0.39 is 0 Å². The first-order chi connectivity index (χ1) is 10.6. The van der Waals surface area contributed by atoms with E-state index in [9.17, 15) is 4.79 Å². The smallest absolute Gasteiger partial charge is 0.187 e. The van der Waals surface area contributed by atoms with Gasteiger partial charge in [-0.25, -0.2) is 0 Å². The molecule has 0 amide bonds. The third-order valence-electron chi connectivity index (χ3n) is 3.71. The maximum atomic E-state index is 12.1. The van der Waals surface area contributed by atoms with Crippen LogP contribution in [0.3, 0.4) is 0 Å². The van der Waals surface area contributed by atoms with Crippen molar-refractivity contribution in [3.05, 3.63) is 77.5 Å². The lowest BCUT2D eigenvalue weighted by Crippen LogP contribution is -1.97. The lowest BCUT2D eigenvalue weighted by molar-refractivity contribution is 0.104. The third kappa shape index (κ3) is 4.32. The van der Waals surface area contributed by atoms with Crippen LogP contribution in [0.15, 0.2) is 60.8 Å². The molecule has 0 fully saturated rings. The van der Waals surface area contributed by atoms with E-state index in [2.05, 4.69) is 38.2 Å². The van der Waals surface area contributed by atoms with Crippen molar-refractivity contribution in [2.45, 2.75) is 33.1 Å². The highest BCUT2D eigenvalue weighted by Crippen LogP contribution is 2.15. The minimum Gasteiger partial charge on any atom is -0.362 e. The summed E-state index contributed by atoms with van der Waals surface area (Å²) < 4.78 is 0. The second-order valence-electron chi connectivity index (χ2n) is 5.67. The number of nitrogens with one attached hydrogen (secondary N) is 1. The maximum Gasteiger partial charge on any atom is 0.187 e. The average Bonchev–Trinajstić information content (AvgIpc) is 2.55. The van der Waals surface area contributed by atoms with Crippen LogP contribution in [0, 0.1) is 0 Å². The van der Waals surface area contributed by atoms with Gasteiger partial charge in [-0.15, -0.1) is 0 Å². The van der Waals surface area contributed by atoms with Crippen molar-refractivity contribution in [3.8, 4) is 0 Å². The molecule has 2 aromatic carbocycles. The molecule has 2 rings (SSSR count). The summed E-state index contributed by atoms with van der Waals surface area (Å²) in [5.41, 5.74) is 4.24. The first-order valence-electron chi connectivity index (χ1n) is 7.76. The van der Waals surface area contributed by atoms with Crippen LogP contribution in [0.2, 0.25) is 0 Å². The predicted molar refractivity (Wildman–Crippen MR) is 93.4 cm³/mol. The topological polar surface area (TPSA) is 29.1 Å². The first kappa shape index (κ1) is 16.0. The van der Waals surface area contributed by atoms with E-state index in [0.717, 1.165) is 12.1 Å². The number of aryl methyl sites for hydroxylation is 1. The van der Waals surface area contributed by atoms with Crippen molar-refractivity contribution in [3.63, 3.8) is 0 Å². The monoisotopic (exact) mass is 293 g/mol. The Morgan fingerprint density at radius 2 is 1.68 bits per heavy atom. The van der Waals surface area contributed by atoms with Crippen molar-refractivity contribution in [2.75, 3.05) is 5.32 Å². The third-order valence-corrected chi connectivity index (χ3v) is 3.71. The molecule has 22 heavy (non-hydrogen) atoms. The average molecular weight is 293 g/mol. The van der Waals surface area contributed by atoms with Crippen LogP contribution < -0.4 is 5.32 Å². The second kappa shape index (κ2) is 7.60. The molecule has 0 saturated carbocycles. The molecule has 2 nitrogen and oxygen atoms in total. The molecule has 2 aromatic rings. The molecule has 0 heterocycles. The Morgan fingerprint density at radius 1 is 1.05 bits per heavy atom. The zero-order valence-corrected chi connectivity index (χ0v) is 13.5. The van der Waals surface area contributed by atoms with Crippen LogP contribution in [-0.2, 0) is 6.42 Å². The Balaban J connectivity index is 1.95. The zero-order valence-electron chi connectivity index (χ0n) is 13.5. The Morgan fingerprint density at radius 3 is 2.23 bits per heavy atom. The minimum atomic E-state index is 0.00739. The molecule has 0 spiro atoms. The van der Waals surface area contributed by atoms with Crippen molar-refractivity contribution in [2.24, 2.45) is 0 Å². The number of carbonyl (C=O) groups excluding carboxylic acids is 1. The van der Waals surface area contributed by atoms with E-state index in [1.807, 2.05) is 36.4 Å². The number of ketones is 1. The molecule has 0 aliphatic rings. The fraction of sp³-hybridized carbons (Fsp3) is 0.250. The van der Waals surface area contributed by atoms with Crippen molar-refractivity contribution < 1.29 is 4.79 Å². The quantitative estimate of drug-likeness (QED) is 0.587. The van der Waals surface area contributed by atoms with Crippen LogP contribution in [0.1, 0.15) is 48.2 Å². The highest BCUT2D eigenvalue weighted by atomic mass is 16.1. The normalized spacial score (nSPS) is 11.1. The van der Waals surface area contributed by atoms with Gasteiger partial charge in [0.25, 0.3) is 0 Å². The summed E-state index contributed by atoms with van der Waals surface area (Å²) in [6.07, 6.45) is 4.29. The van der Waals surface area contributed by atoms with Gasteiger partial charge >= 0.3 is 0 Å². The predicted octanol–water partition coefficient (Wildman–Crippen LogP) is 5.18. The lowest BCUT2D eigenvalue weighted by atomic mass is 10.0. The lowest BCUT2D eigenvalue weighted by Gasteiger charge is -2.05. The molecular formula is C20H23NO. The van der Waals surface area contributed by atoms with E-state index >= 15 is 0 Å². The van der Waals surface area contributed by atoms with Gasteiger partial charge in [0.1, 0.15) is 0 Å². The molecule has 114 valence electrons. The standard InChI is InChI=1S/C20H23NO/c1-4-16-5-11-19(12-6-16)21-14-13-20(22)18-9-7-17(8-10-18)15(2)3/h5-15,21H,4H2,1-3H3/b14-13+. The van der Waals surface area contributed by atoms with Crippen molar-refractivity contribution in [1.82, 2.24) is 0 Å². The Hall–Kier alpha value is -2.35. The number of anilines is 1. The molecule has 0 saturated heterocycles. The summed E-state index contributed by atoms with van der Waals surface area (Å²) in [6, 6.07) is 16.0. The Bertz CT molecular complexity index is 636. The van der Waals surface area contributed by atoms with Gasteiger partial charge in [0.15, 0.2) is 5.78 Å². The second-order valence-corrected chi connectivity index (χ2v) is 5.67. The highest BCUT2D eigenvalue weighted by Gasteiger charge is 2.03. The van der Waals surface area contributed by atoms with Crippen molar-refractivity contribution in [1.29, 1.82) is 0 Å². The molecule has 0 bridgehead atoms. The van der Waals surface area contributed by atoms with Gasteiger partial charge < -0.3 is 5.32 Å². The van der Waals surface area contributed by atoms with E-state index in [-0.39, 0.29) is 5.78 Å². The van der Waals surface area contributed by atoms with Crippen LogP contribution in [-0.4, -0.2) is 5.78 Å². The molecule has 0 radical (unpaired) electrons. The number of allylic oxidation sites excluding steroid dienone is 1. The first-order valence-corrected chi connectivity index (χ1v) is 7.76. The number of carbonyl (C=O) groups is 1. The number of hydrogen-bond donors (Lipinski definition) is 1. The summed E-state index contributed by atoms with van der Waals surface area (Å²) in [7, 11) is 0. The maximum absolute atomic E-state index is 12.1. The minimum absolute atomic E-state index is 0.00739. The number of benzene rings is 2. The molecular weight excluding hydrogens is 270 g/mol. The Kier molecular flexibility index (Phi) is 5.54. The number of rotatable bonds is 6. The molecule has 0 unspecified atom stereocenters. The van der Waals surface area contributed by atoms with E-state index in [1.165, 1.54) is 11.1 Å². The largest absolute Gasteiger partial charge is 0.362 e.